The second-order valence-electron chi connectivity index (χ2n) is 9.60. The van der Waals surface area contributed by atoms with Gasteiger partial charge in [-0.2, -0.15) is 0 Å². The second kappa shape index (κ2) is 6.29. The van der Waals surface area contributed by atoms with Crippen LogP contribution in [0.5, 0.6) is 0 Å². The molecule has 4 aromatic carbocycles. The standard InChI is InChI=1S/C27H24BNO2/c1-26(2)27(3,4)31-28(30-26)23-14-19-9-7-17-12-22(21-6-5-11-29-16-21)13-18-8-10-20(15-23)25(19)24(17)18/h5-16H,1-4H3. The maximum absolute atomic E-state index is 6.31. The zero-order valence-corrected chi connectivity index (χ0v) is 18.3. The minimum atomic E-state index is -0.357. The van der Waals surface area contributed by atoms with E-state index in [1.807, 2.05) is 18.5 Å². The van der Waals surface area contributed by atoms with Gasteiger partial charge in [-0.05, 0) is 89.2 Å². The Morgan fingerprint density at radius 3 is 1.68 bits per heavy atom. The van der Waals surface area contributed by atoms with Crippen LogP contribution in [0, 0.1) is 0 Å². The predicted octanol–water partition coefficient (Wildman–Crippen LogP) is 5.95. The van der Waals surface area contributed by atoms with Gasteiger partial charge in [0.1, 0.15) is 0 Å². The molecular weight excluding hydrogens is 381 g/mol. The van der Waals surface area contributed by atoms with E-state index in [1.54, 1.807) is 0 Å². The van der Waals surface area contributed by atoms with Gasteiger partial charge in [0.15, 0.2) is 0 Å². The van der Waals surface area contributed by atoms with Gasteiger partial charge in [0.25, 0.3) is 0 Å². The number of benzene rings is 4. The summed E-state index contributed by atoms with van der Waals surface area (Å²) in [5, 5.41) is 7.54. The molecule has 0 bridgehead atoms. The molecule has 0 spiro atoms. The minimum absolute atomic E-state index is 0.348. The molecule has 4 heteroatoms. The Kier molecular flexibility index (Phi) is 3.81. The van der Waals surface area contributed by atoms with E-state index < -0.39 is 0 Å². The fourth-order valence-electron chi connectivity index (χ4n) is 4.68. The van der Waals surface area contributed by atoms with Gasteiger partial charge in [0, 0.05) is 18.0 Å². The highest BCUT2D eigenvalue weighted by Gasteiger charge is 2.51. The summed E-state index contributed by atoms with van der Waals surface area (Å²) < 4.78 is 12.6. The Morgan fingerprint density at radius 1 is 0.677 bits per heavy atom. The maximum Gasteiger partial charge on any atom is 0.494 e. The zero-order chi connectivity index (χ0) is 21.4. The Bertz CT molecular complexity index is 1360. The van der Waals surface area contributed by atoms with Crippen LogP contribution in [0.25, 0.3) is 43.4 Å². The summed E-state index contributed by atoms with van der Waals surface area (Å²) in [6.07, 6.45) is 3.73. The molecule has 0 saturated carbocycles. The van der Waals surface area contributed by atoms with Crippen molar-refractivity contribution in [3.8, 4) is 11.1 Å². The highest BCUT2D eigenvalue weighted by Crippen LogP contribution is 2.39. The predicted molar refractivity (Wildman–Crippen MR) is 129 cm³/mol. The molecule has 0 radical (unpaired) electrons. The van der Waals surface area contributed by atoms with Crippen molar-refractivity contribution in [1.29, 1.82) is 0 Å². The third-order valence-electron chi connectivity index (χ3n) is 7.08. The topological polar surface area (TPSA) is 31.4 Å². The van der Waals surface area contributed by atoms with Crippen molar-refractivity contribution < 1.29 is 9.31 Å². The molecular formula is C27H24BNO2. The van der Waals surface area contributed by atoms with Crippen molar-refractivity contribution in [2.45, 2.75) is 38.9 Å². The Labute approximate surface area is 182 Å². The molecule has 3 nitrogen and oxygen atoms in total. The summed E-state index contributed by atoms with van der Waals surface area (Å²) in [4.78, 5) is 4.28. The first-order chi connectivity index (χ1) is 14.8. The molecule has 0 aliphatic carbocycles. The first-order valence-corrected chi connectivity index (χ1v) is 10.8. The van der Waals surface area contributed by atoms with Crippen LogP contribution in [0.3, 0.4) is 0 Å². The Hall–Kier alpha value is -2.95. The Morgan fingerprint density at radius 2 is 1.19 bits per heavy atom. The largest absolute Gasteiger partial charge is 0.494 e. The lowest BCUT2D eigenvalue weighted by molar-refractivity contribution is 0.00578. The Balaban J connectivity index is 1.53. The van der Waals surface area contributed by atoms with Crippen molar-refractivity contribution in [3.63, 3.8) is 0 Å². The molecule has 1 aliphatic rings. The molecule has 1 saturated heterocycles. The van der Waals surface area contributed by atoms with Crippen LogP contribution in [0.15, 0.2) is 73.1 Å². The highest BCUT2D eigenvalue weighted by atomic mass is 16.7. The van der Waals surface area contributed by atoms with Crippen molar-refractivity contribution in [1.82, 2.24) is 4.98 Å². The van der Waals surface area contributed by atoms with Crippen LogP contribution in [0.2, 0.25) is 0 Å². The smallest absolute Gasteiger partial charge is 0.399 e. The minimum Gasteiger partial charge on any atom is -0.399 e. The van der Waals surface area contributed by atoms with Gasteiger partial charge in [-0.3, -0.25) is 4.98 Å². The van der Waals surface area contributed by atoms with Crippen LogP contribution in [-0.4, -0.2) is 23.3 Å². The van der Waals surface area contributed by atoms with Gasteiger partial charge in [0.2, 0.25) is 0 Å². The summed E-state index contributed by atoms with van der Waals surface area (Å²) in [5.74, 6) is 0. The quantitative estimate of drug-likeness (QED) is 0.269. The van der Waals surface area contributed by atoms with E-state index >= 15 is 0 Å². The van der Waals surface area contributed by atoms with Crippen molar-refractivity contribution in [2.75, 3.05) is 0 Å². The summed E-state index contributed by atoms with van der Waals surface area (Å²) in [5.41, 5.74) is 2.70. The molecule has 1 aliphatic heterocycles. The average molecular weight is 405 g/mol. The van der Waals surface area contributed by atoms with E-state index in [-0.39, 0.29) is 18.3 Å². The summed E-state index contributed by atoms with van der Waals surface area (Å²) in [6, 6.07) is 21.9. The first kappa shape index (κ1) is 18.8. The van der Waals surface area contributed by atoms with Crippen LogP contribution in [0.4, 0.5) is 0 Å². The van der Waals surface area contributed by atoms with Crippen molar-refractivity contribution in [2.24, 2.45) is 0 Å². The lowest BCUT2D eigenvalue weighted by atomic mass is 9.76. The molecule has 0 amide bonds. The highest BCUT2D eigenvalue weighted by molar-refractivity contribution is 6.62. The third-order valence-corrected chi connectivity index (χ3v) is 7.08. The summed E-state index contributed by atoms with van der Waals surface area (Å²) in [6.45, 7) is 8.38. The fraction of sp³-hybridized carbons (Fsp3) is 0.222. The number of rotatable bonds is 2. The summed E-state index contributed by atoms with van der Waals surface area (Å²) in [7, 11) is -0.357. The van der Waals surface area contributed by atoms with Gasteiger partial charge >= 0.3 is 7.12 Å². The SMILES string of the molecule is CC1(C)OB(c2cc3ccc4cc(-c5cccnc5)cc5ccc(c2)c3c45)OC1(C)C. The van der Waals surface area contributed by atoms with Crippen molar-refractivity contribution >= 4 is 44.9 Å². The monoisotopic (exact) mass is 405 g/mol. The van der Waals surface area contributed by atoms with Gasteiger partial charge in [-0.15, -0.1) is 0 Å². The van der Waals surface area contributed by atoms with E-state index in [4.69, 9.17) is 9.31 Å². The molecule has 1 aromatic heterocycles. The van der Waals surface area contributed by atoms with E-state index in [0.29, 0.717) is 0 Å². The molecule has 0 unspecified atom stereocenters. The van der Waals surface area contributed by atoms with Gasteiger partial charge in [0.05, 0.1) is 11.2 Å². The van der Waals surface area contributed by atoms with Crippen molar-refractivity contribution in [3.05, 3.63) is 73.1 Å². The third kappa shape index (κ3) is 2.79. The number of nitrogens with zero attached hydrogens (tertiary/aromatic N) is 1. The van der Waals surface area contributed by atoms with E-state index in [1.165, 1.54) is 37.9 Å². The van der Waals surface area contributed by atoms with Gasteiger partial charge < -0.3 is 9.31 Å². The molecule has 31 heavy (non-hydrogen) atoms. The lowest BCUT2D eigenvalue weighted by Crippen LogP contribution is -2.41. The van der Waals surface area contributed by atoms with Crippen LogP contribution in [-0.2, 0) is 9.31 Å². The molecule has 1 fully saturated rings. The normalized spacial score (nSPS) is 17.9. The number of hydrogen-bond acceptors (Lipinski definition) is 3. The first-order valence-electron chi connectivity index (χ1n) is 10.8. The maximum atomic E-state index is 6.31. The zero-order valence-electron chi connectivity index (χ0n) is 18.3. The molecule has 5 aromatic rings. The second-order valence-corrected chi connectivity index (χ2v) is 9.60. The molecule has 2 heterocycles. The number of hydrogen-bond donors (Lipinski definition) is 0. The number of aromatic nitrogens is 1. The fourth-order valence-corrected chi connectivity index (χ4v) is 4.68. The average Bonchev–Trinajstić information content (AvgIpc) is 2.99. The van der Waals surface area contributed by atoms with E-state index in [2.05, 4.69) is 87.3 Å². The summed E-state index contributed by atoms with van der Waals surface area (Å²) >= 11 is 0. The van der Waals surface area contributed by atoms with Gasteiger partial charge in [-0.1, -0.05) is 42.5 Å². The molecule has 0 N–H and O–H groups in total. The van der Waals surface area contributed by atoms with Gasteiger partial charge in [-0.25, -0.2) is 0 Å². The van der Waals surface area contributed by atoms with Crippen LogP contribution < -0.4 is 5.46 Å². The van der Waals surface area contributed by atoms with Crippen LogP contribution in [0.1, 0.15) is 27.7 Å². The molecule has 0 atom stereocenters. The number of pyridine rings is 1. The molecule has 6 rings (SSSR count). The lowest BCUT2D eigenvalue weighted by Gasteiger charge is -2.32. The van der Waals surface area contributed by atoms with E-state index in [0.717, 1.165) is 11.0 Å². The molecule has 152 valence electrons. The van der Waals surface area contributed by atoms with Crippen LogP contribution >= 0.6 is 0 Å². The van der Waals surface area contributed by atoms with E-state index in [9.17, 15) is 0 Å².